The van der Waals surface area contributed by atoms with Crippen molar-refractivity contribution in [3.8, 4) is 0 Å². The Morgan fingerprint density at radius 3 is 2.57 bits per heavy atom. The normalized spacial score (nSPS) is 11.1. The Morgan fingerprint density at radius 2 is 1.90 bits per heavy atom. The number of nitrogens with zero attached hydrogens (tertiary/aromatic N) is 1. The summed E-state index contributed by atoms with van der Waals surface area (Å²) in [6.45, 7) is 3.49. The van der Waals surface area contributed by atoms with Crippen LogP contribution in [0.5, 0.6) is 0 Å². The number of amides is 1. The molecule has 1 amide bonds. The predicted octanol–water partition coefficient (Wildman–Crippen LogP) is 1.32. The standard InChI is InChI=1S/C14H15N3O3S/c1-10-6-7-11(2)13(9-10)21(19,20)17-16-14(18)12-5-3-4-8-15-12/h3-9,17H,1-2H3,(H,16,18). The van der Waals surface area contributed by atoms with E-state index in [1.807, 2.05) is 6.07 Å². The van der Waals surface area contributed by atoms with Crippen LogP contribution in [0.25, 0.3) is 0 Å². The molecule has 0 bridgehead atoms. The molecular formula is C14H15N3O3S. The van der Waals surface area contributed by atoms with Crippen molar-refractivity contribution in [2.45, 2.75) is 18.7 Å². The summed E-state index contributed by atoms with van der Waals surface area (Å²) in [5.74, 6) is -0.621. The van der Waals surface area contributed by atoms with Crippen LogP contribution in [0.2, 0.25) is 0 Å². The second kappa shape index (κ2) is 6.02. The molecule has 0 radical (unpaired) electrons. The van der Waals surface area contributed by atoms with Crippen molar-refractivity contribution in [1.29, 1.82) is 0 Å². The minimum absolute atomic E-state index is 0.126. The zero-order valence-corrected chi connectivity index (χ0v) is 12.4. The summed E-state index contributed by atoms with van der Waals surface area (Å²) in [7, 11) is -3.83. The van der Waals surface area contributed by atoms with Gasteiger partial charge in [0, 0.05) is 6.20 Å². The zero-order chi connectivity index (χ0) is 15.5. The van der Waals surface area contributed by atoms with Crippen LogP contribution < -0.4 is 10.3 Å². The smallest absolute Gasteiger partial charge is 0.272 e. The van der Waals surface area contributed by atoms with Gasteiger partial charge in [-0.05, 0) is 43.2 Å². The van der Waals surface area contributed by atoms with Crippen LogP contribution in [-0.4, -0.2) is 19.3 Å². The van der Waals surface area contributed by atoms with Crippen molar-refractivity contribution in [3.05, 3.63) is 59.4 Å². The lowest BCUT2D eigenvalue weighted by atomic mass is 10.2. The van der Waals surface area contributed by atoms with E-state index in [1.54, 1.807) is 38.1 Å². The van der Waals surface area contributed by atoms with Gasteiger partial charge in [-0.3, -0.25) is 15.2 Å². The van der Waals surface area contributed by atoms with E-state index in [0.29, 0.717) is 5.56 Å². The highest BCUT2D eigenvalue weighted by molar-refractivity contribution is 7.89. The molecule has 0 aliphatic carbocycles. The van der Waals surface area contributed by atoms with Gasteiger partial charge < -0.3 is 0 Å². The maximum Gasteiger partial charge on any atom is 0.284 e. The molecule has 0 aliphatic heterocycles. The van der Waals surface area contributed by atoms with Crippen LogP contribution in [0.1, 0.15) is 21.6 Å². The molecule has 0 saturated heterocycles. The molecule has 2 rings (SSSR count). The van der Waals surface area contributed by atoms with Gasteiger partial charge in [0.1, 0.15) is 5.69 Å². The Labute approximate surface area is 123 Å². The summed E-state index contributed by atoms with van der Waals surface area (Å²) in [6.07, 6.45) is 1.45. The lowest BCUT2D eigenvalue weighted by Gasteiger charge is -2.10. The number of pyridine rings is 1. The molecule has 0 fully saturated rings. The molecule has 0 unspecified atom stereocenters. The lowest BCUT2D eigenvalue weighted by molar-refractivity contribution is 0.0940. The van der Waals surface area contributed by atoms with E-state index in [0.717, 1.165) is 5.56 Å². The summed E-state index contributed by atoms with van der Waals surface area (Å²) in [6, 6.07) is 9.87. The number of aryl methyl sites for hydroxylation is 2. The molecule has 0 spiro atoms. The van der Waals surface area contributed by atoms with E-state index >= 15 is 0 Å². The van der Waals surface area contributed by atoms with E-state index in [2.05, 4.69) is 15.2 Å². The minimum Gasteiger partial charge on any atom is -0.272 e. The van der Waals surface area contributed by atoms with Crippen molar-refractivity contribution < 1.29 is 13.2 Å². The molecule has 2 N–H and O–H groups in total. The highest BCUT2D eigenvalue weighted by Gasteiger charge is 2.18. The van der Waals surface area contributed by atoms with Gasteiger partial charge in [-0.15, -0.1) is 4.83 Å². The van der Waals surface area contributed by atoms with Gasteiger partial charge in [0.05, 0.1) is 4.90 Å². The number of sulfonamides is 1. The molecule has 110 valence electrons. The van der Waals surface area contributed by atoms with Crippen LogP contribution in [-0.2, 0) is 10.0 Å². The average molecular weight is 305 g/mol. The molecule has 21 heavy (non-hydrogen) atoms. The fourth-order valence-electron chi connectivity index (χ4n) is 1.73. The lowest BCUT2D eigenvalue weighted by Crippen LogP contribution is -2.42. The highest BCUT2D eigenvalue weighted by atomic mass is 32.2. The van der Waals surface area contributed by atoms with Gasteiger partial charge in [0.2, 0.25) is 0 Å². The van der Waals surface area contributed by atoms with Crippen LogP contribution in [0.15, 0.2) is 47.5 Å². The third kappa shape index (κ3) is 3.65. The summed E-state index contributed by atoms with van der Waals surface area (Å²) < 4.78 is 24.4. The summed E-state index contributed by atoms with van der Waals surface area (Å²) >= 11 is 0. The molecule has 0 atom stereocenters. The van der Waals surface area contributed by atoms with Gasteiger partial charge in [-0.2, -0.15) is 0 Å². The van der Waals surface area contributed by atoms with Gasteiger partial charge in [0.25, 0.3) is 15.9 Å². The Hall–Kier alpha value is -2.25. The average Bonchev–Trinajstić information content (AvgIpc) is 2.48. The van der Waals surface area contributed by atoms with Crippen LogP contribution in [0.4, 0.5) is 0 Å². The summed E-state index contributed by atoms with van der Waals surface area (Å²) in [5.41, 5.74) is 3.69. The Balaban J connectivity index is 2.15. The number of nitrogens with one attached hydrogen (secondary N) is 2. The van der Waals surface area contributed by atoms with E-state index in [-0.39, 0.29) is 10.6 Å². The summed E-state index contributed by atoms with van der Waals surface area (Å²) in [5, 5.41) is 0. The van der Waals surface area contributed by atoms with Crippen molar-refractivity contribution in [1.82, 2.24) is 15.2 Å². The van der Waals surface area contributed by atoms with Gasteiger partial charge in [-0.1, -0.05) is 18.2 Å². The molecule has 1 aromatic heterocycles. The zero-order valence-electron chi connectivity index (χ0n) is 11.6. The van der Waals surface area contributed by atoms with Crippen molar-refractivity contribution in [2.75, 3.05) is 0 Å². The van der Waals surface area contributed by atoms with Crippen LogP contribution >= 0.6 is 0 Å². The quantitative estimate of drug-likeness (QED) is 0.834. The van der Waals surface area contributed by atoms with E-state index in [4.69, 9.17) is 0 Å². The number of hydrogen-bond acceptors (Lipinski definition) is 4. The topological polar surface area (TPSA) is 88.2 Å². The van der Waals surface area contributed by atoms with Crippen LogP contribution in [0.3, 0.4) is 0 Å². The number of hydrazine groups is 1. The minimum atomic E-state index is -3.83. The molecule has 1 aromatic carbocycles. The first kappa shape index (κ1) is 15.1. The van der Waals surface area contributed by atoms with Gasteiger partial charge >= 0.3 is 0 Å². The van der Waals surface area contributed by atoms with E-state index in [9.17, 15) is 13.2 Å². The molecule has 1 heterocycles. The number of hydrogen-bond donors (Lipinski definition) is 2. The molecule has 0 aliphatic rings. The molecule has 0 saturated carbocycles. The van der Waals surface area contributed by atoms with Crippen LogP contribution in [0, 0.1) is 13.8 Å². The van der Waals surface area contributed by atoms with E-state index in [1.165, 1.54) is 12.3 Å². The number of carbonyl (C=O) groups is 1. The monoisotopic (exact) mass is 305 g/mol. The number of benzene rings is 1. The van der Waals surface area contributed by atoms with Crippen molar-refractivity contribution in [3.63, 3.8) is 0 Å². The molecule has 2 aromatic rings. The fraction of sp³-hybridized carbons (Fsp3) is 0.143. The number of carbonyl (C=O) groups excluding carboxylic acids is 1. The molecular weight excluding hydrogens is 290 g/mol. The Bertz CT molecular complexity index is 758. The van der Waals surface area contributed by atoms with Gasteiger partial charge in [0.15, 0.2) is 0 Å². The number of aromatic nitrogens is 1. The van der Waals surface area contributed by atoms with Crippen molar-refractivity contribution >= 4 is 15.9 Å². The first-order chi connectivity index (χ1) is 9.90. The largest absolute Gasteiger partial charge is 0.284 e. The third-order valence-electron chi connectivity index (χ3n) is 2.83. The first-order valence-electron chi connectivity index (χ1n) is 6.20. The maximum atomic E-state index is 12.2. The van der Waals surface area contributed by atoms with Crippen molar-refractivity contribution in [2.24, 2.45) is 0 Å². The van der Waals surface area contributed by atoms with E-state index < -0.39 is 15.9 Å². The second-order valence-corrected chi connectivity index (χ2v) is 6.19. The second-order valence-electron chi connectivity index (χ2n) is 4.54. The third-order valence-corrected chi connectivity index (χ3v) is 4.22. The predicted molar refractivity (Wildman–Crippen MR) is 77.9 cm³/mol. The first-order valence-corrected chi connectivity index (χ1v) is 7.69. The fourth-order valence-corrected chi connectivity index (χ4v) is 2.90. The SMILES string of the molecule is Cc1ccc(C)c(S(=O)(=O)NNC(=O)c2ccccn2)c1. The highest BCUT2D eigenvalue weighted by Crippen LogP contribution is 2.15. The Morgan fingerprint density at radius 1 is 1.14 bits per heavy atom. The maximum absolute atomic E-state index is 12.2. The Kier molecular flexibility index (Phi) is 4.35. The number of rotatable bonds is 4. The summed E-state index contributed by atoms with van der Waals surface area (Å²) in [4.78, 5) is 17.8. The molecule has 7 heteroatoms. The molecule has 6 nitrogen and oxygen atoms in total. The van der Waals surface area contributed by atoms with Gasteiger partial charge in [-0.25, -0.2) is 8.42 Å².